The minimum atomic E-state index is -0.393. The molecule has 6 nitrogen and oxygen atoms in total. The number of carbonyl (C=O) groups is 1. The van der Waals surface area contributed by atoms with Crippen molar-refractivity contribution in [2.75, 3.05) is 19.8 Å². The van der Waals surface area contributed by atoms with E-state index in [-0.39, 0.29) is 31.4 Å². The lowest BCUT2D eigenvalue weighted by molar-refractivity contribution is -0.236. The van der Waals surface area contributed by atoms with Gasteiger partial charge < -0.3 is 23.7 Å². The number of rotatable bonds is 11. The van der Waals surface area contributed by atoms with Crippen LogP contribution < -0.4 is 0 Å². The van der Waals surface area contributed by atoms with Crippen molar-refractivity contribution in [3.05, 3.63) is 71.8 Å². The lowest BCUT2D eigenvalue weighted by Crippen LogP contribution is -2.40. The average molecular weight is 414 g/mol. The van der Waals surface area contributed by atoms with Crippen LogP contribution in [0, 0.1) is 0 Å². The molecule has 3 atom stereocenters. The SMILES string of the molecule is CCOC(=O)COCC1CC(OCc2ccccc2)CC(OCc2ccccc2)O1. The Morgan fingerprint density at radius 2 is 1.57 bits per heavy atom. The molecule has 2 aromatic rings. The molecular formula is C24H30O6. The zero-order valence-corrected chi connectivity index (χ0v) is 17.4. The van der Waals surface area contributed by atoms with Gasteiger partial charge in [0.05, 0.1) is 38.6 Å². The predicted molar refractivity (Wildman–Crippen MR) is 112 cm³/mol. The van der Waals surface area contributed by atoms with Gasteiger partial charge in [0.2, 0.25) is 0 Å². The Labute approximate surface area is 178 Å². The van der Waals surface area contributed by atoms with Crippen molar-refractivity contribution in [1.82, 2.24) is 0 Å². The highest BCUT2D eigenvalue weighted by atomic mass is 16.7. The summed E-state index contributed by atoms with van der Waals surface area (Å²) in [5, 5.41) is 0. The van der Waals surface area contributed by atoms with Crippen molar-refractivity contribution in [2.24, 2.45) is 0 Å². The third kappa shape index (κ3) is 7.88. The van der Waals surface area contributed by atoms with Gasteiger partial charge in [-0.3, -0.25) is 0 Å². The topological polar surface area (TPSA) is 63.2 Å². The number of hydrogen-bond acceptors (Lipinski definition) is 6. The summed E-state index contributed by atoms with van der Waals surface area (Å²) >= 11 is 0. The highest BCUT2D eigenvalue weighted by Gasteiger charge is 2.31. The average Bonchev–Trinajstić information content (AvgIpc) is 2.78. The fourth-order valence-electron chi connectivity index (χ4n) is 3.31. The lowest BCUT2D eigenvalue weighted by atomic mass is 10.1. The van der Waals surface area contributed by atoms with Crippen LogP contribution in [-0.4, -0.2) is 44.3 Å². The van der Waals surface area contributed by atoms with E-state index in [0.29, 0.717) is 32.7 Å². The van der Waals surface area contributed by atoms with Gasteiger partial charge in [-0.25, -0.2) is 4.79 Å². The minimum absolute atomic E-state index is 0.0177. The first kappa shape index (κ1) is 22.4. The van der Waals surface area contributed by atoms with Crippen LogP contribution in [0.3, 0.4) is 0 Å². The van der Waals surface area contributed by atoms with Crippen LogP contribution in [0.25, 0.3) is 0 Å². The normalized spacial score (nSPS) is 21.3. The van der Waals surface area contributed by atoms with Gasteiger partial charge in [-0.1, -0.05) is 60.7 Å². The smallest absolute Gasteiger partial charge is 0.332 e. The van der Waals surface area contributed by atoms with Crippen molar-refractivity contribution in [3.8, 4) is 0 Å². The van der Waals surface area contributed by atoms with Crippen LogP contribution in [0.5, 0.6) is 0 Å². The number of benzene rings is 2. The van der Waals surface area contributed by atoms with Gasteiger partial charge >= 0.3 is 5.97 Å². The van der Waals surface area contributed by atoms with Crippen molar-refractivity contribution >= 4 is 5.97 Å². The van der Waals surface area contributed by atoms with Crippen molar-refractivity contribution in [2.45, 2.75) is 51.5 Å². The highest BCUT2D eigenvalue weighted by molar-refractivity contribution is 5.70. The number of carbonyl (C=O) groups excluding carboxylic acids is 1. The van der Waals surface area contributed by atoms with Crippen LogP contribution in [0.2, 0.25) is 0 Å². The molecule has 1 saturated heterocycles. The van der Waals surface area contributed by atoms with E-state index in [4.69, 9.17) is 23.7 Å². The Hall–Kier alpha value is -2.25. The van der Waals surface area contributed by atoms with Crippen LogP contribution in [0.15, 0.2) is 60.7 Å². The van der Waals surface area contributed by atoms with Crippen LogP contribution >= 0.6 is 0 Å². The molecule has 3 rings (SSSR count). The molecule has 0 saturated carbocycles. The summed E-state index contributed by atoms with van der Waals surface area (Å²) in [5.74, 6) is -0.373. The second kappa shape index (κ2) is 12.4. The lowest BCUT2D eigenvalue weighted by Gasteiger charge is -2.35. The standard InChI is InChI=1S/C24H30O6/c1-2-27-23(25)18-26-17-22-13-21(28-15-19-9-5-3-6-10-19)14-24(30-22)29-16-20-11-7-4-8-12-20/h3-12,21-22,24H,2,13-18H2,1H3. The largest absolute Gasteiger partial charge is 0.464 e. The van der Waals surface area contributed by atoms with Gasteiger partial charge in [0.1, 0.15) is 6.61 Å². The first-order valence-corrected chi connectivity index (χ1v) is 10.4. The highest BCUT2D eigenvalue weighted by Crippen LogP contribution is 2.25. The van der Waals surface area contributed by atoms with Crippen molar-refractivity contribution in [1.29, 1.82) is 0 Å². The molecule has 3 unspecified atom stereocenters. The summed E-state index contributed by atoms with van der Waals surface area (Å²) in [7, 11) is 0. The molecule has 162 valence electrons. The molecule has 30 heavy (non-hydrogen) atoms. The number of esters is 1. The molecule has 0 spiro atoms. The van der Waals surface area contributed by atoms with E-state index < -0.39 is 6.29 Å². The molecule has 0 aliphatic carbocycles. The van der Waals surface area contributed by atoms with E-state index in [2.05, 4.69) is 0 Å². The van der Waals surface area contributed by atoms with E-state index in [1.807, 2.05) is 60.7 Å². The fourth-order valence-corrected chi connectivity index (χ4v) is 3.31. The zero-order chi connectivity index (χ0) is 21.0. The molecule has 6 heteroatoms. The van der Waals surface area contributed by atoms with Gasteiger partial charge in [-0.15, -0.1) is 0 Å². The molecule has 1 heterocycles. The van der Waals surface area contributed by atoms with Gasteiger partial charge in [0.15, 0.2) is 6.29 Å². The summed E-state index contributed by atoms with van der Waals surface area (Å²) < 4.78 is 28.6. The minimum Gasteiger partial charge on any atom is -0.464 e. The Morgan fingerprint density at radius 3 is 2.20 bits per heavy atom. The Bertz CT molecular complexity index is 684. The zero-order valence-electron chi connectivity index (χ0n) is 17.4. The second-order valence-electron chi connectivity index (χ2n) is 7.19. The third-order valence-corrected chi connectivity index (χ3v) is 4.76. The van der Waals surface area contributed by atoms with Crippen molar-refractivity contribution in [3.63, 3.8) is 0 Å². The van der Waals surface area contributed by atoms with Gasteiger partial charge in [0, 0.05) is 12.8 Å². The summed E-state index contributed by atoms with van der Waals surface area (Å²) in [6.07, 6.45) is 0.705. The maximum Gasteiger partial charge on any atom is 0.332 e. The molecule has 0 bridgehead atoms. The summed E-state index contributed by atoms with van der Waals surface area (Å²) in [6, 6.07) is 20.1. The molecule has 0 aromatic heterocycles. The summed E-state index contributed by atoms with van der Waals surface area (Å²) in [6.45, 7) is 3.31. The Balaban J connectivity index is 1.52. The summed E-state index contributed by atoms with van der Waals surface area (Å²) in [4.78, 5) is 11.5. The maximum absolute atomic E-state index is 11.5. The molecule has 2 aromatic carbocycles. The molecule has 1 aliphatic heterocycles. The molecule has 0 amide bonds. The molecule has 1 fully saturated rings. The van der Waals surface area contributed by atoms with Crippen LogP contribution in [0.1, 0.15) is 30.9 Å². The maximum atomic E-state index is 11.5. The first-order chi connectivity index (χ1) is 14.7. The number of ether oxygens (including phenoxy) is 5. The van der Waals surface area contributed by atoms with Crippen LogP contribution in [0.4, 0.5) is 0 Å². The molecule has 1 aliphatic rings. The second-order valence-corrected chi connectivity index (χ2v) is 7.19. The third-order valence-electron chi connectivity index (χ3n) is 4.76. The van der Waals surface area contributed by atoms with Crippen molar-refractivity contribution < 1.29 is 28.5 Å². The predicted octanol–water partition coefficient (Wildman–Crippen LogP) is 3.87. The van der Waals surface area contributed by atoms with Gasteiger partial charge in [0.25, 0.3) is 0 Å². The van der Waals surface area contributed by atoms with Crippen LogP contribution in [-0.2, 0) is 41.7 Å². The Kier molecular flexibility index (Phi) is 9.31. The van der Waals surface area contributed by atoms with E-state index in [1.165, 1.54) is 0 Å². The molecular weight excluding hydrogens is 384 g/mol. The van der Waals surface area contributed by atoms with E-state index >= 15 is 0 Å². The quantitative estimate of drug-likeness (QED) is 0.520. The fraction of sp³-hybridized carbons (Fsp3) is 0.458. The van der Waals surface area contributed by atoms with E-state index in [0.717, 1.165) is 11.1 Å². The molecule has 0 N–H and O–H groups in total. The Morgan fingerprint density at radius 1 is 0.933 bits per heavy atom. The van der Waals surface area contributed by atoms with Gasteiger partial charge in [-0.05, 0) is 18.1 Å². The molecule has 0 radical (unpaired) electrons. The van der Waals surface area contributed by atoms with E-state index in [9.17, 15) is 4.79 Å². The summed E-state index contributed by atoms with van der Waals surface area (Å²) in [5.41, 5.74) is 2.21. The van der Waals surface area contributed by atoms with Gasteiger partial charge in [-0.2, -0.15) is 0 Å². The number of hydrogen-bond donors (Lipinski definition) is 0. The van der Waals surface area contributed by atoms with E-state index in [1.54, 1.807) is 6.92 Å². The monoisotopic (exact) mass is 414 g/mol. The first-order valence-electron chi connectivity index (χ1n) is 10.4.